The van der Waals surface area contributed by atoms with Gasteiger partial charge in [-0.25, -0.2) is 9.97 Å². The van der Waals surface area contributed by atoms with Crippen LogP contribution in [0.1, 0.15) is 50.7 Å². The molecular formula is C44H38N4O. The van der Waals surface area contributed by atoms with E-state index in [1.165, 1.54) is 16.8 Å². The molecule has 5 heteroatoms. The van der Waals surface area contributed by atoms with Crippen molar-refractivity contribution in [2.75, 3.05) is 4.90 Å². The second-order valence-corrected chi connectivity index (χ2v) is 13.1. The number of pyridine rings is 1. The van der Waals surface area contributed by atoms with E-state index in [-0.39, 0.29) is 0 Å². The molecule has 240 valence electrons. The van der Waals surface area contributed by atoms with Crippen LogP contribution in [0.2, 0.25) is 0 Å². The number of imidazole rings is 1. The first-order valence-electron chi connectivity index (χ1n) is 17.0. The summed E-state index contributed by atoms with van der Waals surface area (Å²) in [5.41, 5.74) is 10.4. The molecule has 0 amide bonds. The summed E-state index contributed by atoms with van der Waals surface area (Å²) in [5.74, 6) is 2.45. The van der Waals surface area contributed by atoms with Gasteiger partial charge in [0.25, 0.3) is 0 Å². The van der Waals surface area contributed by atoms with Crippen LogP contribution in [0, 0.1) is 0 Å². The van der Waals surface area contributed by atoms with Gasteiger partial charge in [-0.05, 0) is 71.5 Å². The molecule has 0 unspecified atom stereocenters. The summed E-state index contributed by atoms with van der Waals surface area (Å²) in [6, 6.07) is 46.3. The molecule has 5 nitrogen and oxygen atoms in total. The van der Waals surface area contributed by atoms with Gasteiger partial charge in [-0.1, -0.05) is 113 Å². The largest absolute Gasteiger partial charge is 0.455 e. The molecule has 49 heavy (non-hydrogen) atoms. The summed E-state index contributed by atoms with van der Waals surface area (Å²) in [7, 11) is 0. The number of hydrogen-bond acceptors (Lipinski definition) is 4. The van der Waals surface area contributed by atoms with E-state index in [0.29, 0.717) is 11.8 Å². The predicted molar refractivity (Wildman–Crippen MR) is 202 cm³/mol. The minimum Gasteiger partial charge on any atom is -0.455 e. The number of furan rings is 1. The minimum absolute atomic E-state index is 0.368. The highest BCUT2D eigenvalue weighted by Gasteiger charge is 2.21. The lowest BCUT2D eigenvalue weighted by Crippen LogP contribution is -2.12. The third-order valence-electron chi connectivity index (χ3n) is 9.24. The number of aromatic nitrogens is 3. The molecule has 0 N–H and O–H groups in total. The first-order chi connectivity index (χ1) is 24.0. The van der Waals surface area contributed by atoms with Crippen molar-refractivity contribution >= 4 is 39.1 Å². The molecule has 0 spiro atoms. The highest BCUT2D eigenvalue weighted by Crippen LogP contribution is 2.40. The van der Waals surface area contributed by atoms with Crippen molar-refractivity contribution in [1.29, 1.82) is 0 Å². The molecule has 0 aliphatic rings. The summed E-state index contributed by atoms with van der Waals surface area (Å²) < 4.78 is 8.66. The van der Waals surface area contributed by atoms with E-state index in [1.807, 2.05) is 30.5 Å². The molecule has 0 bridgehead atoms. The van der Waals surface area contributed by atoms with Crippen molar-refractivity contribution in [1.82, 2.24) is 14.5 Å². The molecule has 3 aromatic heterocycles. The Hall–Kier alpha value is -5.94. The van der Waals surface area contributed by atoms with Gasteiger partial charge < -0.3 is 4.42 Å². The van der Waals surface area contributed by atoms with Gasteiger partial charge in [-0.15, -0.1) is 0 Å². The predicted octanol–water partition coefficient (Wildman–Crippen LogP) is 12.2. The lowest BCUT2D eigenvalue weighted by atomic mass is 9.92. The van der Waals surface area contributed by atoms with Gasteiger partial charge in [-0.3, -0.25) is 9.47 Å². The number of benzene rings is 5. The smallest absolute Gasteiger partial charge is 0.144 e. The lowest BCUT2D eigenvalue weighted by molar-refractivity contribution is 0.670. The quantitative estimate of drug-likeness (QED) is 0.166. The average Bonchev–Trinajstić information content (AvgIpc) is 3.78. The maximum atomic E-state index is 6.40. The van der Waals surface area contributed by atoms with Gasteiger partial charge in [0.2, 0.25) is 0 Å². The fourth-order valence-corrected chi connectivity index (χ4v) is 6.91. The molecule has 8 rings (SSSR count). The molecule has 8 aromatic rings. The van der Waals surface area contributed by atoms with E-state index in [0.717, 1.165) is 61.8 Å². The number of nitrogens with zero attached hydrogens (tertiary/aromatic N) is 4. The Morgan fingerprint density at radius 1 is 0.633 bits per heavy atom. The molecule has 0 radical (unpaired) electrons. The fourth-order valence-electron chi connectivity index (χ4n) is 6.91. The normalized spacial score (nSPS) is 11.6. The van der Waals surface area contributed by atoms with E-state index in [9.17, 15) is 0 Å². The standard InChI is InChI=1S/C44H38N4O/c1-29(2)34-19-11-20-35(30(3)4)42(34)47-27-26-45-44(47)31-14-10-17-33(28-31)48(32-15-6-5-7-16-32)41-25-13-23-39(46-41)38-22-12-21-37-36-18-8-9-24-40(36)49-43(37)38/h5-30H,1-4H3. The highest BCUT2D eigenvalue weighted by molar-refractivity contribution is 6.09. The van der Waals surface area contributed by atoms with Gasteiger partial charge >= 0.3 is 0 Å². The lowest BCUT2D eigenvalue weighted by Gasteiger charge is -2.25. The third kappa shape index (κ3) is 5.47. The Labute approximate surface area is 287 Å². The van der Waals surface area contributed by atoms with Crippen molar-refractivity contribution in [2.45, 2.75) is 39.5 Å². The zero-order valence-electron chi connectivity index (χ0n) is 28.2. The number of rotatable bonds is 8. The first kappa shape index (κ1) is 30.4. The molecule has 3 heterocycles. The minimum atomic E-state index is 0.368. The van der Waals surface area contributed by atoms with Gasteiger partial charge in [0, 0.05) is 45.7 Å². The second kappa shape index (κ2) is 12.6. The Bertz CT molecular complexity index is 2390. The van der Waals surface area contributed by atoms with Crippen LogP contribution in [0.5, 0.6) is 0 Å². The van der Waals surface area contributed by atoms with Gasteiger partial charge in [-0.2, -0.15) is 0 Å². The van der Waals surface area contributed by atoms with E-state index in [2.05, 4.69) is 153 Å². The zero-order valence-corrected chi connectivity index (χ0v) is 28.2. The van der Waals surface area contributed by atoms with E-state index >= 15 is 0 Å². The Balaban J connectivity index is 1.26. The van der Waals surface area contributed by atoms with Crippen LogP contribution in [0.3, 0.4) is 0 Å². The molecule has 0 aliphatic carbocycles. The summed E-state index contributed by atoms with van der Waals surface area (Å²) in [6.45, 7) is 9.03. The molecular weight excluding hydrogens is 601 g/mol. The monoisotopic (exact) mass is 638 g/mol. The molecule has 0 saturated heterocycles. The molecule has 0 atom stereocenters. The van der Waals surface area contributed by atoms with Crippen molar-refractivity contribution < 1.29 is 4.42 Å². The van der Waals surface area contributed by atoms with Crippen molar-refractivity contribution in [3.05, 3.63) is 157 Å². The highest BCUT2D eigenvalue weighted by atomic mass is 16.3. The van der Waals surface area contributed by atoms with Crippen LogP contribution >= 0.6 is 0 Å². The average molecular weight is 639 g/mol. The summed E-state index contributed by atoms with van der Waals surface area (Å²) >= 11 is 0. The van der Waals surface area contributed by atoms with Crippen LogP contribution in [0.4, 0.5) is 17.2 Å². The summed E-state index contributed by atoms with van der Waals surface area (Å²) in [4.78, 5) is 12.4. The summed E-state index contributed by atoms with van der Waals surface area (Å²) in [5, 5.41) is 2.19. The summed E-state index contributed by atoms with van der Waals surface area (Å²) in [6.07, 6.45) is 4.00. The Morgan fingerprint density at radius 2 is 1.31 bits per heavy atom. The third-order valence-corrected chi connectivity index (χ3v) is 9.24. The van der Waals surface area contributed by atoms with Crippen LogP contribution in [0.15, 0.2) is 150 Å². The van der Waals surface area contributed by atoms with Gasteiger partial charge in [0.1, 0.15) is 22.8 Å². The van der Waals surface area contributed by atoms with Gasteiger partial charge in [0.05, 0.1) is 11.4 Å². The van der Waals surface area contributed by atoms with Crippen LogP contribution in [0.25, 0.3) is 50.3 Å². The Morgan fingerprint density at radius 3 is 2.10 bits per heavy atom. The van der Waals surface area contributed by atoms with Crippen molar-refractivity contribution in [3.8, 4) is 28.3 Å². The van der Waals surface area contributed by atoms with E-state index < -0.39 is 0 Å². The molecule has 0 saturated carbocycles. The SMILES string of the molecule is CC(C)c1cccc(C(C)C)c1-n1ccnc1-c1cccc(N(c2ccccc2)c2cccc(-c3cccc4c3oc3ccccc34)n2)c1. The number of fused-ring (bicyclic) bond motifs is 3. The number of hydrogen-bond donors (Lipinski definition) is 0. The van der Waals surface area contributed by atoms with Crippen LogP contribution < -0.4 is 4.90 Å². The van der Waals surface area contributed by atoms with Gasteiger partial charge in [0.15, 0.2) is 0 Å². The zero-order chi connectivity index (χ0) is 33.5. The molecule has 0 fully saturated rings. The van der Waals surface area contributed by atoms with E-state index in [1.54, 1.807) is 0 Å². The van der Waals surface area contributed by atoms with Crippen molar-refractivity contribution in [3.63, 3.8) is 0 Å². The van der Waals surface area contributed by atoms with E-state index in [4.69, 9.17) is 14.4 Å². The Kier molecular flexibility index (Phi) is 7.81. The topological polar surface area (TPSA) is 47.1 Å². The molecule has 0 aliphatic heterocycles. The molecule has 5 aromatic carbocycles. The van der Waals surface area contributed by atoms with Crippen LogP contribution in [-0.4, -0.2) is 14.5 Å². The first-order valence-corrected chi connectivity index (χ1v) is 17.0. The van der Waals surface area contributed by atoms with Crippen molar-refractivity contribution in [2.24, 2.45) is 0 Å². The maximum absolute atomic E-state index is 6.40. The second-order valence-electron chi connectivity index (χ2n) is 13.1. The number of para-hydroxylation sites is 4. The maximum Gasteiger partial charge on any atom is 0.144 e. The van der Waals surface area contributed by atoms with Crippen LogP contribution in [-0.2, 0) is 0 Å². The number of anilines is 3. The fraction of sp³-hybridized carbons (Fsp3) is 0.136.